The van der Waals surface area contributed by atoms with E-state index in [1.165, 1.54) is 5.56 Å². The predicted molar refractivity (Wildman–Crippen MR) is 70.2 cm³/mol. The standard InChI is InChI=1S/C13H16N2OS/c1-9-3-4-13(12(5-9)10(2)14)16-6-11-7-17-8-15-11/h3-5,7-8,10H,6,14H2,1-2H3/t10-/m0/s1. The molecule has 0 aliphatic rings. The highest BCUT2D eigenvalue weighted by Gasteiger charge is 2.08. The van der Waals surface area contributed by atoms with E-state index in [9.17, 15) is 0 Å². The van der Waals surface area contributed by atoms with Crippen molar-refractivity contribution < 1.29 is 4.74 Å². The highest BCUT2D eigenvalue weighted by molar-refractivity contribution is 7.07. The molecule has 0 aliphatic carbocycles. The maximum atomic E-state index is 5.94. The van der Waals surface area contributed by atoms with Gasteiger partial charge >= 0.3 is 0 Å². The Labute approximate surface area is 105 Å². The lowest BCUT2D eigenvalue weighted by atomic mass is 10.1. The summed E-state index contributed by atoms with van der Waals surface area (Å²) in [7, 11) is 0. The number of thiazole rings is 1. The van der Waals surface area contributed by atoms with Gasteiger partial charge in [0, 0.05) is 17.0 Å². The normalized spacial score (nSPS) is 12.4. The molecule has 90 valence electrons. The molecule has 0 unspecified atom stereocenters. The molecule has 0 amide bonds. The molecule has 0 saturated heterocycles. The van der Waals surface area contributed by atoms with Crippen molar-refractivity contribution in [1.82, 2.24) is 4.98 Å². The molecule has 1 aromatic carbocycles. The van der Waals surface area contributed by atoms with Crippen LogP contribution < -0.4 is 10.5 Å². The van der Waals surface area contributed by atoms with Crippen molar-refractivity contribution in [3.05, 3.63) is 45.9 Å². The molecule has 2 rings (SSSR count). The van der Waals surface area contributed by atoms with Gasteiger partial charge in [0.1, 0.15) is 12.4 Å². The smallest absolute Gasteiger partial charge is 0.131 e. The van der Waals surface area contributed by atoms with Crippen LogP contribution >= 0.6 is 11.3 Å². The number of hydrogen-bond acceptors (Lipinski definition) is 4. The summed E-state index contributed by atoms with van der Waals surface area (Å²) in [4.78, 5) is 4.19. The van der Waals surface area contributed by atoms with Crippen molar-refractivity contribution in [2.24, 2.45) is 5.73 Å². The molecule has 0 fully saturated rings. The molecule has 1 aromatic heterocycles. The summed E-state index contributed by atoms with van der Waals surface area (Å²) in [5, 5.41) is 1.99. The zero-order chi connectivity index (χ0) is 12.3. The van der Waals surface area contributed by atoms with Crippen molar-refractivity contribution in [2.75, 3.05) is 0 Å². The molecule has 4 heteroatoms. The average molecular weight is 248 g/mol. The average Bonchev–Trinajstić information content (AvgIpc) is 2.80. The molecule has 1 atom stereocenters. The molecule has 0 spiro atoms. The highest BCUT2D eigenvalue weighted by atomic mass is 32.1. The van der Waals surface area contributed by atoms with Gasteiger partial charge in [-0.05, 0) is 19.9 Å². The molecule has 0 radical (unpaired) electrons. The number of hydrogen-bond donors (Lipinski definition) is 1. The van der Waals surface area contributed by atoms with E-state index in [2.05, 4.69) is 18.0 Å². The van der Waals surface area contributed by atoms with Crippen LogP contribution in [0.5, 0.6) is 5.75 Å². The van der Waals surface area contributed by atoms with Crippen LogP contribution in [0.3, 0.4) is 0 Å². The third kappa shape index (κ3) is 3.05. The molecule has 2 N–H and O–H groups in total. The molecule has 0 aliphatic heterocycles. The summed E-state index contributed by atoms with van der Waals surface area (Å²) < 4.78 is 5.76. The van der Waals surface area contributed by atoms with Gasteiger partial charge in [-0.1, -0.05) is 17.7 Å². The number of aromatic nitrogens is 1. The van der Waals surface area contributed by atoms with Crippen LogP contribution in [-0.4, -0.2) is 4.98 Å². The zero-order valence-corrected chi connectivity index (χ0v) is 10.8. The first-order valence-corrected chi connectivity index (χ1v) is 6.47. The maximum Gasteiger partial charge on any atom is 0.131 e. The first-order chi connectivity index (χ1) is 8.16. The second kappa shape index (κ2) is 5.29. The van der Waals surface area contributed by atoms with Gasteiger partial charge in [0.2, 0.25) is 0 Å². The van der Waals surface area contributed by atoms with E-state index in [1.54, 1.807) is 16.8 Å². The maximum absolute atomic E-state index is 5.94. The molecule has 1 heterocycles. The van der Waals surface area contributed by atoms with Gasteiger partial charge in [0.25, 0.3) is 0 Å². The number of aryl methyl sites for hydroxylation is 1. The van der Waals surface area contributed by atoms with E-state index in [0.717, 1.165) is 17.0 Å². The second-order valence-corrected chi connectivity index (χ2v) is 4.82. The van der Waals surface area contributed by atoms with Crippen LogP contribution in [0.25, 0.3) is 0 Å². The first kappa shape index (κ1) is 12.1. The highest BCUT2D eigenvalue weighted by Crippen LogP contribution is 2.25. The fraction of sp³-hybridized carbons (Fsp3) is 0.308. The fourth-order valence-electron chi connectivity index (χ4n) is 1.62. The van der Waals surface area contributed by atoms with Crippen molar-refractivity contribution in [3.8, 4) is 5.75 Å². The Morgan fingerprint density at radius 3 is 2.94 bits per heavy atom. The van der Waals surface area contributed by atoms with Crippen LogP contribution in [0.2, 0.25) is 0 Å². The third-order valence-electron chi connectivity index (χ3n) is 2.51. The minimum atomic E-state index is -0.0275. The Hall–Kier alpha value is -1.39. The van der Waals surface area contributed by atoms with Crippen molar-refractivity contribution in [2.45, 2.75) is 26.5 Å². The Morgan fingerprint density at radius 1 is 1.47 bits per heavy atom. The first-order valence-electron chi connectivity index (χ1n) is 5.53. The summed E-state index contributed by atoms with van der Waals surface area (Å²) in [5.74, 6) is 0.846. The van der Waals surface area contributed by atoms with Gasteiger partial charge in [-0.15, -0.1) is 11.3 Å². The summed E-state index contributed by atoms with van der Waals surface area (Å²) in [6.45, 7) is 4.51. The van der Waals surface area contributed by atoms with E-state index in [1.807, 2.05) is 24.4 Å². The predicted octanol–water partition coefficient (Wildman–Crippen LogP) is 3.05. The minimum Gasteiger partial charge on any atom is -0.487 e. The number of nitrogens with two attached hydrogens (primary N) is 1. The fourth-order valence-corrected chi connectivity index (χ4v) is 2.16. The summed E-state index contributed by atoms with van der Waals surface area (Å²) in [6.07, 6.45) is 0. The number of nitrogens with zero attached hydrogens (tertiary/aromatic N) is 1. The number of rotatable bonds is 4. The minimum absolute atomic E-state index is 0.0275. The molecular weight excluding hydrogens is 232 g/mol. The van der Waals surface area contributed by atoms with E-state index in [4.69, 9.17) is 10.5 Å². The van der Waals surface area contributed by atoms with E-state index in [-0.39, 0.29) is 6.04 Å². The molecule has 0 saturated carbocycles. The molecule has 2 aromatic rings. The zero-order valence-electron chi connectivity index (χ0n) is 10.0. The summed E-state index contributed by atoms with van der Waals surface area (Å²) >= 11 is 1.57. The van der Waals surface area contributed by atoms with E-state index in [0.29, 0.717) is 6.61 Å². The molecular formula is C13H16N2OS. The SMILES string of the molecule is Cc1ccc(OCc2cscn2)c([C@H](C)N)c1. The van der Waals surface area contributed by atoms with Crippen LogP contribution in [0.1, 0.15) is 29.8 Å². The Bertz CT molecular complexity index is 480. The van der Waals surface area contributed by atoms with Crippen LogP contribution in [-0.2, 0) is 6.61 Å². The molecule has 17 heavy (non-hydrogen) atoms. The second-order valence-electron chi connectivity index (χ2n) is 4.10. The lowest BCUT2D eigenvalue weighted by Gasteiger charge is -2.14. The van der Waals surface area contributed by atoms with Gasteiger partial charge < -0.3 is 10.5 Å². The van der Waals surface area contributed by atoms with Gasteiger partial charge in [-0.2, -0.15) is 0 Å². The largest absolute Gasteiger partial charge is 0.487 e. The Kier molecular flexibility index (Phi) is 3.76. The number of benzene rings is 1. The van der Waals surface area contributed by atoms with Crippen molar-refractivity contribution in [3.63, 3.8) is 0 Å². The summed E-state index contributed by atoms with van der Waals surface area (Å²) in [5.41, 5.74) is 10.9. The van der Waals surface area contributed by atoms with Crippen molar-refractivity contribution >= 4 is 11.3 Å². The van der Waals surface area contributed by atoms with E-state index >= 15 is 0 Å². The van der Waals surface area contributed by atoms with E-state index < -0.39 is 0 Å². The van der Waals surface area contributed by atoms with Gasteiger partial charge in [0.05, 0.1) is 11.2 Å². The van der Waals surface area contributed by atoms with Crippen LogP contribution in [0, 0.1) is 6.92 Å². The Balaban J connectivity index is 2.14. The lowest BCUT2D eigenvalue weighted by Crippen LogP contribution is -2.08. The molecule has 3 nitrogen and oxygen atoms in total. The quantitative estimate of drug-likeness (QED) is 0.904. The van der Waals surface area contributed by atoms with Gasteiger partial charge in [-0.25, -0.2) is 4.98 Å². The number of ether oxygens (including phenoxy) is 1. The van der Waals surface area contributed by atoms with Gasteiger partial charge in [-0.3, -0.25) is 0 Å². The summed E-state index contributed by atoms with van der Waals surface area (Å²) in [6, 6.07) is 6.05. The van der Waals surface area contributed by atoms with Crippen LogP contribution in [0.15, 0.2) is 29.1 Å². The van der Waals surface area contributed by atoms with Crippen LogP contribution in [0.4, 0.5) is 0 Å². The third-order valence-corrected chi connectivity index (χ3v) is 3.15. The topological polar surface area (TPSA) is 48.1 Å². The Morgan fingerprint density at radius 2 is 2.29 bits per heavy atom. The monoisotopic (exact) mass is 248 g/mol. The molecule has 0 bridgehead atoms. The lowest BCUT2D eigenvalue weighted by molar-refractivity contribution is 0.297. The van der Waals surface area contributed by atoms with Crippen molar-refractivity contribution in [1.29, 1.82) is 0 Å². The van der Waals surface area contributed by atoms with Gasteiger partial charge in [0.15, 0.2) is 0 Å².